The summed E-state index contributed by atoms with van der Waals surface area (Å²) in [5.41, 5.74) is 6.83. The van der Waals surface area contributed by atoms with Crippen LogP contribution in [0.1, 0.15) is 17.9 Å². The van der Waals surface area contributed by atoms with E-state index in [1.54, 1.807) is 0 Å². The summed E-state index contributed by atoms with van der Waals surface area (Å²) < 4.78 is 4.70. The zero-order valence-electron chi connectivity index (χ0n) is 10.4. The van der Waals surface area contributed by atoms with Gasteiger partial charge < -0.3 is 10.5 Å². The van der Waals surface area contributed by atoms with E-state index in [1.807, 2.05) is 18.2 Å². The lowest BCUT2D eigenvalue weighted by Gasteiger charge is -2.14. The standard InChI is InChI=1S/C15H17NO2/c1-18-15(17)9-14(10-16)13-7-6-11-4-2-3-5-12(11)8-13/h2-8,14H,9-10,16H2,1H3. The number of methoxy groups -OCH3 is 1. The molecular weight excluding hydrogens is 226 g/mol. The summed E-state index contributed by atoms with van der Waals surface area (Å²) in [5.74, 6) is -0.208. The minimum absolute atomic E-state index is 0.0158. The number of ether oxygens (including phenoxy) is 1. The quantitative estimate of drug-likeness (QED) is 0.839. The SMILES string of the molecule is COC(=O)CC(CN)c1ccc2ccccc2c1. The van der Waals surface area contributed by atoms with Crippen LogP contribution < -0.4 is 5.73 Å². The first-order chi connectivity index (χ1) is 8.74. The summed E-state index contributed by atoms with van der Waals surface area (Å²) in [6, 6.07) is 14.3. The van der Waals surface area contributed by atoms with Crippen LogP contribution in [0.3, 0.4) is 0 Å². The molecule has 1 unspecified atom stereocenters. The molecule has 2 aromatic carbocycles. The number of hydrogen-bond acceptors (Lipinski definition) is 3. The van der Waals surface area contributed by atoms with Crippen molar-refractivity contribution in [2.45, 2.75) is 12.3 Å². The van der Waals surface area contributed by atoms with Crippen molar-refractivity contribution in [1.82, 2.24) is 0 Å². The van der Waals surface area contributed by atoms with E-state index in [4.69, 9.17) is 10.5 Å². The molecule has 0 aliphatic rings. The van der Waals surface area contributed by atoms with Gasteiger partial charge in [-0.3, -0.25) is 4.79 Å². The van der Waals surface area contributed by atoms with Crippen molar-refractivity contribution >= 4 is 16.7 Å². The summed E-state index contributed by atoms with van der Waals surface area (Å²) in [6.45, 7) is 0.438. The maximum absolute atomic E-state index is 11.3. The Bertz CT molecular complexity index is 551. The van der Waals surface area contributed by atoms with Crippen molar-refractivity contribution in [3.05, 3.63) is 48.0 Å². The van der Waals surface area contributed by atoms with Crippen molar-refractivity contribution < 1.29 is 9.53 Å². The molecule has 0 aliphatic carbocycles. The third kappa shape index (κ3) is 2.68. The Morgan fingerprint density at radius 1 is 1.22 bits per heavy atom. The maximum atomic E-state index is 11.3. The van der Waals surface area contributed by atoms with Crippen molar-refractivity contribution in [1.29, 1.82) is 0 Å². The fraction of sp³-hybridized carbons (Fsp3) is 0.267. The van der Waals surface area contributed by atoms with Gasteiger partial charge in [-0.1, -0.05) is 42.5 Å². The first-order valence-electron chi connectivity index (χ1n) is 6.00. The number of rotatable bonds is 4. The van der Waals surface area contributed by atoms with Gasteiger partial charge in [0.25, 0.3) is 0 Å². The monoisotopic (exact) mass is 243 g/mol. The molecule has 3 heteroatoms. The lowest BCUT2D eigenvalue weighted by molar-refractivity contribution is -0.141. The third-order valence-electron chi connectivity index (χ3n) is 3.17. The Kier molecular flexibility index (Phi) is 3.95. The number of carbonyl (C=O) groups is 1. The smallest absolute Gasteiger partial charge is 0.306 e. The summed E-state index contributed by atoms with van der Waals surface area (Å²) in [5, 5.41) is 2.36. The van der Waals surface area contributed by atoms with Gasteiger partial charge in [-0.05, 0) is 22.9 Å². The minimum atomic E-state index is -0.224. The third-order valence-corrected chi connectivity index (χ3v) is 3.17. The Morgan fingerprint density at radius 3 is 2.61 bits per heavy atom. The Hall–Kier alpha value is -1.87. The fourth-order valence-corrected chi connectivity index (χ4v) is 2.08. The molecule has 2 rings (SSSR count). The van der Waals surface area contributed by atoms with Gasteiger partial charge in [0.05, 0.1) is 13.5 Å². The Morgan fingerprint density at radius 2 is 1.94 bits per heavy atom. The average Bonchev–Trinajstić information content (AvgIpc) is 2.44. The average molecular weight is 243 g/mol. The molecule has 0 amide bonds. The van der Waals surface area contributed by atoms with Crippen LogP contribution in [0.25, 0.3) is 10.8 Å². The van der Waals surface area contributed by atoms with Crippen LogP contribution in [0, 0.1) is 0 Å². The van der Waals surface area contributed by atoms with E-state index < -0.39 is 0 Å². The van der Waals surface area contributed by atoms with Crippen LogP contribution in [0.5, 0.6) is 0 Å². The van der Waals surface area contributed by atoms with E-state index in [0.29, 0.717) is 13.0 Å². The molecule has 3 nitrogen and oxygen atoms in total. The van der Waals surface area contributed by atoms with E-state index >= 15 is 0 Å². The van der Waals surface area contributed by atoms with E-state index in [2.05, 4.69) is 24.3 Å². The molecule has 2 aromatic rings. The summed E-state index contributed by atoms with van der Waals surface area (Å²) in [4.78, 5) is 11.3. The van der Waals surface area contributed by atoms with Gasteiger partial charge in [0, 0.05) is 5.92 Å². The highest BCUT2D eigenvalue weighted by atomic mass is 16.5. The Balaban J connectivity index is 2.30. The second kappa shape index (κ2) is 5.65. The summed E-state index contributed by atoms with van der Waals surface area (Å²) in [6.07, 6.45) is 0.325. The van der Waals surface area contributed by atoms with Gasteiger partial charge in [-0.15, -0.1) is 0 Å². The molecule has 94 valence electrons. The number of nitrogens with two attached hydrogens (primary N) is 1. The minimum Gasteiger partial charge on any atom is -0.469 e. The zero-order chi connectivity index (χ0) is 13.0. The maximum Gasteiger partial charge on any atom is 0.306 e. The molecule has 0 saturated heterocycles. The van der Waals surface area contributed by atoms with Gasteiger partial charge in [-0.25, -0.2) is 0 Å². The van der Waals surface area contributed by atoms with Gasteiger partial charge in [-0.2, -0.15) is 0 Å². The van der Waals surface area contributed by atoms with Crippen LogP contribution in [0.2, 0.25) is 0 Å². The first kappa shape index (κ1) is 12.6. The van der Waals surface area contributed by atoms with Gasteiger partial charge in [0.15, 0.2) is 0 Å². The molecule has 0 fully saturated rings. The molecule has 18 heavy (non-hydrogen) atoms. The zero-order valence-corrected chi connectivity index (χ0v) is 10.4. The largest absolute Gasteiger partial charge is 0.469 e. The van der Waals surface area contributed by atoms with E-state index in [1.165, 1.54) is 17.9 Å². The molecule has 2 N–H and O–H groups in total. The molecule has 0 heterocycles. The molecule has 0 spiro atoms. The number of benzene rings is 2. The molecular formula is C15H17NO2. The lowest BCUT2D eigenvalue weighted by atomic mass is 9.94. The predicted octanol–water partition coefficient (Wildman–Crippen LogP) is 2.45. The van der Waals surface area contributed by atoms with Crippen LogP contribution in [0.15, 0.2) is 42.5 Å². The predicted molar refractivity (Wildman–Crippen MR) is 72.4 cm³/mol. The van der Waals surface area contributed by atoms with E-state index in [9.17, 15) is 4.79 Å². The number of carbonyl (C=O) groups excluding carboxylic acids is 1. The first-order valence-corrected chi connectivity index (χ1v) is 6.00. The van der Waals surface area contributed by atoms with Crippen LogP contribution >= 0.6 is 0 Å². The van der Waals surface area contributed by atoms with Crippen molar-refractivity contribution in [2.75, 3.05) is 13.7 Å². The highest BCUT2D eigenvalue weighted by molar-refractivity contribution is 5.83. The van der Waals surface area contributed by atoms with Crippen molar-refractivity contribution in [3.8, 4) is 0 Å². The lowest BCUT2D eigenvalue weighted by Crippen LogP contribution is -2.17. The van der Waals surface area contributed by atoms with Crippen LogP contribution in [-0.2, 0) is 9.53 Å². The molecule has 0 aliphatic heterocycles. The highest BCUT2D eigenvalue weighted by Crippen LogP contribution is 2.23. The van der Waals surface area contributed by atoms with E-state index in [-0.39, 0.29) is 11.9 Å². The second-order valence-corrected chi connectivity index (χ2v) is 4.32. The Labute approximate surface area is 107 Å². The van der Waals surface area contributed by atoms with Gasteiger partial charge >= 0.3 is 5.97 Å². The van der Waals surface area contributed by atoms with Gasteiger partial charge in [0.2, 0.25) is 0 Å². The molecule has 0 bridgehead atoms. The van der Waals surface area contributed by atoms with E-state index in [0.717, 1.165) is 5.56 Å². The number of hydrogen-bond donors (Lipinski definition) is 1. The number of esters is 1. The fourth-order valence-electron chi connectivity index (χ4n) is 2.08. The summed E-state index contributed by atoms with van der Waals surface area (Å²) >= 11 is 0. The van der Waals surface area contributed by atoms with Crippen LogP contribution in [-0.4, -0.2) is 19.6 Å². The molecule has 0 aromatic heterocycles. The number of fused-ring (bicyclic) bond motifs is 1. The topological polar surface area (TPSA) is 52.3 Å². The molecule has 0 saturated carbocycles. The molecule has 1 atom stereocenters. The normalized spacial score (nSPS) is 12.3. The highest BCUT2D eigenvalue weighted by Gasteiger charge is 2.15. The van der Waals surface area contributed by atoms with Crippen LogP contribution in [0.4, 0.5) is 0 Å². The summed E-state index contributed by atoms with van der Waals surface area (Å²) in [7, 11) is 1.40. The molecule has 0 radical (unpaired) electrons. The van der Waals surface area contributed by atoms with Crippen molar-refractivity contribution in [2.24, 2.45) is 5.73 Å². The van der Waals surface area contributed by atoms with Crippen molar-refractivity contribution in [3.63, 3.8) is 0 Å². The second-order valence-electron chi connectivity index (χ2n) is 4.32. The van der Waals surface area contributed by atoms with Gasteiger partial charge in [0.1, 0.15) is 0 Å².